The molecule has 0 spiro atoms. The number of nitrogens with zero attached hydrogens (tertiary/aromatic N) is 2. The van der Waals surface area contributed by atoms with Crippen molar-refractivity contribution in [3.05, 3.63) is 34.6 Å². The maximum Gasteiger partial charge on any atom is 0.225 e. The molecule has 1 aromatic heterocycles. The van der Waals surface area contributed by atoms with Gasteiger partial charge in [0.1, 0.15) is 17.4 Å². The van der Waals surface area contributed by atoms with Crippen LogP contribution in [0.15, 0.2) is 33.9 Å². The predicted molar refractivity (Wildman–Crippen MR) is 82.2 cm³/mol. The van der Waals surface area contributed by atoms with Gasteiger partial charge >= 0.3 is 0 Å². The van der Waals surface area contributed by atoms with Crippen molar-refractivity contribution in [2.75, 3.05) is 18.1 Å². The molecule has 0 aliphatic rings. The number of ether oxygens (including phenoxy) is 1. The van der Waals surface area contributed by atoms with E-state index in [1.807, 2.05) is 13.2 Å². The molecule has 20 heavy (non-hydrogen) atoms. The number of rotatable bonds is 5. The second-order valence-electron chi connectivity index (χ2n) is 3.79. The summed E-state index contributed by atoms with van der Waals surface area (Å²) in [5.41, 5.74) is 0. The summed E-state index contributed by atoms with van der Waals surface area (Å²) >= 11 is 4.52. The van der Waals surface area contributed by atoms with Crippen LogP contribution in [-0.4, -0.2) is 22.8 Å². The SMILES string of the molecule is CCNc1cc(Oc2ccc(Br)c(F)c2)nc(SC)n1. The minimum absolute atomic E-state index is 0.377. The number of thioether (sulfide) groups is 1. The lowest BCUT2D eigenvalue weighted by atomic mass is 10.3. The first kappa shape index (κ1) is 15.1. The molecule has 1 aromatic carbocycles. The zero-order chi connectivity index (χ0) is 14.5. The van der Waals surface area contributed by atoms with Crippen LogP contribution in [0.3, 0.4) is 0 Å². The minimum Gasteiger partial charge on any atom is -0.439 e. The van der Waals surface area contributed by atoms with Gasteiger partial charge in [0, 0.05) is 18.7 Å². The topological polar surface area (TPSA) is 47.0 Å². The summed E-state index contributed by atoms with van der Waals surface area (Å²) in [6, 6.07) is 6.24. The molecule has 0 aliphatic carbocycles. The Morgan fingerprint density at radius 1 is 1.35 bits per heavy atom. The Morgan fingerprint density at radius 2 is 2.15 bits per heavy atom. The average Bonchev–Trinajstić information content (AvgIpc) is 2.43. The van der Waals surface area contributed by atoms with Crippen molar-refractivity contribution in [3.8, 4) is 11.6 Å². The zero-order valence-corrected chi connectivity index (χ0v) is 13.4. The number of hydrogen-bond acceptors (Lipinski definition) is 5. The molecule has 0 saturated carbocycles. The van der Waals surface area contributed by atoms with Crippen molar-refractivity contribution < 1.29 is 9.13 Å². The Labute approximate surface area is 129 Å². The van der Waals surface area contributed by atoms with E-state index >= 15 is 0 Å². The van der Waals surface area contributed by atoms with Gasteiger partial charge in [-0.3, -0.25) is 0 Å². The summed E-state index contributed by atoms with van der Waals surface area (Å²) in [5, 5.41) is 3.70. The molecule has 0 fully saturated rings. The van der Waals surface area contributed by atoms with Crippen LogP contribution in [0.25, 0.3) is 0 Å². The van der Waals surface area contributed by atoms with Crippen molar-refractivity contribution >= 4 is 33.5 Å². The summed E-state index contributed by atoms with van der Waals surface area (Å²) in [4.78, 5) is 8.53. The highest BCUT2D eigenvalue weighted by atomic mass is 79.9. The van der Waals surface area contributed by atoms with Crippen LogP contribution in [0.1, 0.15) is 6.92 Å². The van der Waals surface area contributed by atoms with Crippen molar-refractivity contribution in [1.82, 2.24) is 9.97 Å². The summed E-state index contributed by atoms with van der Waals surface area (Å²) in [6.45, 7) is 2.72. The Hall–Kier alpha value is -1.34. The smallest absolute Gasteiger partial charge is 0.225 e. The number of benzene rings is 1. The molecule has 0 saturated heterocycles. The second-order valence-corrected chi connectivity index (χ2v) is 5.41. The summed E-state index contributed by atoms with van der Waals surface area (Å²) < 4.78 is 19.4. The molecule has 0 radical (unpaired) electrons. The monoisotopic (exact) mass is 357 g/mol. The highest BCUT2D eigenvalue weighted by molar-refractivity contribution is 9.10. The molecule has 2 rings (SSSR count). The van der Waals surface area contributed by atoms with Gasteiger partial charge in [-0.05, 0) is 41.2 Å². The van der Waals surface area contributed by atoms with E-state index in [1.165, 1.54) is 17.8 Å². The highest BCUT2D eigenvalue weighted by Crippen LogP contribution is 2.27. The van der Waals surface area contributed by atoms with E-state index in [-0.39, 0.29) is 5.82 Å². The molecular formula is C13H13BrFN3OS. The molecule has 0 atom stereocenters. The third-order valence-electron chi connectivity index (χ3n) is 2.34. The summed E-state index contributed by atoms with van der Waals surface area (Å²) in [6.07, 6.45) is 1.88. The lowest BCUT2D eigenvalue weighted by Crippen LogP contribution is -2.02. The van der Waals surface area contributed by atoms with Gasteiger partial charge in [0.2, 0.25) is 5.88 Å². The first-order valence-corrected chi connectivity index (χ1v) is 7.94. The number of hydrogen-bond donors (Lipinski definition) is 1. The molecule has 2 aromatic rings. The van der Waals surface area contributed by atoms with Gasteiger partial charge in [-0.1, -0.05) is 11.8 Å². The summed E-state index contributed by atoms with van der Waals surface area (Å²) in [7, 11) is 0. The Bertz CT molecular complexity index is 612. The largest absolute Gasteiger partial charge is 0.439 e. The quantitative estimate of drug-likeness (QED) is 0.637. The molecular weight excluding hydrogens is 345 g/mol. The second kappa shape index (κ2) is 6.90. The van der Waals surface area contributed by atoms with Gasteiger partial charge in [0.05, 0.1) is 4.47 Å². The number of anilines is 1. The van der Waals surface area contributed by atoms with Gasteiger partial charge in [-0.2, -0.15) is 4.98 Å². The molecule has 106 valence electrons. The number of nitrogens with one attached hydrogen (secondary N) is 1. The minimum atomic E-state index is -0.381. The fourth-order valence-corrected chi connectivity index (χ4v) is 2.10. The number of halogens is 2. The lowest BCUT2D eigenvalue weighted by Gasteiger charge is -2.09. The van der Waals surface area contributed by atoms with E-state index < -0.39 is 0 Å². The van der Waals surface area contributed by atoms with Crippen LogP contribution < -0.4 is 10.1 Å². The van der Waals surface area contributed by atoms with Gasteiger partial charge < -0.3 is 10.1 Å². The van der Waals surface area contributed by atoms with Gasteiger partial charge in [0.25, 0.3) is 0 Å². The summed E-state index contributed by atoms with van der Waals surface area (Å²) in [5.74, 6) is 1.06. The molecule has 1 N–H and O–H groups in total. The molecule has 0 unspecified atom stereocenters. The zero-order valence-electron chi connectivity index (χ0n) is 11.0. The molecule has 1 heterocycles. The van der Waals surface area contributed by atoms with E-state index in [0.717, 1.165) is 6.54 Å². The molecule has 0 aliphatic heterocycles. The predicted octanol–water partition coefficient (Wildman–Crippen LogP) is 4.32. The fraction of sp³-hybridized carbons (Fsp3) is 0.231. The van der Waals surface area contributed by atoms with E-state index in [9.17, 15) is 4.39 Å². The average molecular weight is 358 g/mol. The number of aromatic nitrogens is 2. The van der Waals surface area contributed by atoms with E-state index in [1.54, 1.807) is 18.2 Å². The third-order valence-corrected chi connectivity index (χ3v) is 3.53. The Balaban J connectivity index is 2.27. The Kier molecular flexibility index (Phi) is 5.19. The van der Waals surface area contributed by atoms with Gasteiger partial charge in [-0.15, -0.1) is 0 Å². The molecule has 4 nitrogen and oxygen atoms in total. The van der Waals surface area contributed by atoms with Crippen LogP contribution in [0.4, 0.5) is 10.2 Å². The van der Waals surface area contributed by atoms with E-state index in [2.05, 4.69) is 31.2 Å². The van der Waals surface area contributed by atoms with E-state index in [0.29, 0.717) is 27.1 Å². The van der Waals surface area contributed by atoms with Crippen LogP contribution in [0.2, 0.25) is 0 Å². The Morgan fingerprint density at radius 3 is 2.80 bits per heavy atom. The van der Waals surface area contributed by atoms with Crippen LogP contribution in [0.5, 0.6) is 11.6 Å². The normalized spacial score (nSPS) is 10.4. The lowest BCUT2D eigenvalue weighted by molar-refractivity contribution is 0.451. The fourth-order valence-electron chi connectivity index (χ4n) is 1.48. The molecule has 0 amide bonds. The maximum absolute atomic E-state index is 13.5. The van der Waals surface area contributed by atoms with Crippen molar-refractivity contribution in [2.45, 2.75) is 12.1 Å². The first-order valence-electron chi connectivity index (χ1n) is 5.92. The van der Waals surface area contributed by atoms with Crippen molar-refractivity contribution in [1.29, 1.82) is 0 Å². The third kappa shape index (κ3) is 3.83. The molecule has 7 heteroatoms. The van der Waals surface area contributed by atoms with Crippen LogP contribution >= 0.6 is 27.7 Å². The first-order chi connectivity index (χ1) is 9.62. The van der Waals surface area contributed by atoms with Crippen molar-refractivity contribution in [2.24, 2.45) is 0 Å². The molecule has 0 bridgehead atoms. The van der Waals surface area contributed by atoms with Gasteiger partial charge in [0.15, 0.2) is 5.16 Å². The van der Waals surface area contributed by atoms with Crippen LogP contribution in [-0.2, 0) is 0 Å². The van der Waals surface area contributed by atoms with E-state index in [4.69, 9.17) is 4.74 Å². The maximum atomic E-state index is 13.5. The highest BCUT2D eigenvalue weighted by Gasteiger charge is 2.07. The van der Waals surface area contributed by atoms with Gasteiger partial charge in [-0.25, -0.2) is 9.37 Å². The van der Waals surface area contributed by atoms with Crippen molar-refractivity contribution in [3.63, 3.8) is 0 Å². The standard InChI is InChI=1S/C13H13BrFN3OS/c1-3-16-11-7-12(18-13(17-11)20-2)19-8-4-5-9(14)10(15)6-8/h4-7H,3H2,1-2H3,(H,16,17,18). The van der Waals surface area contributed by atoms with Crippen LogP contribution in [0, 0.1) is 5.82 Å².